The Morgan fingerprint density at radius 3 is 2.26 bits per heavy atom. The number of aliphatic hydroxyl groups excluding tert-OH is 1. The Morgan fingerprint density at radius 2 is 1.74 bits per heavy atom. The minimum Gasteiger partial charge on any atom is -0.388 e. The first-order chi connectivity index (χ1) is 10.8. The van der Waals surface area contributed by atoms with Crippen molar-refractivity contribution in [1.29, 1.82) is 0 Å². The van der Waals surface area contributed by atoms with E-state index < -0.39 is 23.7 Å². The van der Waals surface area contributed by atoms with Gasteiger partial charge in [0.1, 0.15) is 5.82 Å². The van der Waals surface area contributed by atoms with E-state index >= 15 is 0 Å². The summed E-state index contributed by atoms with van der Waals surface area (Å²) in [6.07, 6.45) is 1.47. The quantitative estimate of drug-likeness (QED) is 0.668. The highest BCUT2D eigenvalue weighted by molar-refractivity contribution is 5.27. The van der Waals surface area contributed by atoms with Gasteiger partial charge in [0.25, 0.3) is 0 Å². The molecule has 5 heteroatoms. The second-order valence-corrected chi connectivity index (χ2v) is 6.66. The number of aliphatic hydroxyl groups is 1. The van der Waals surface area contributed by atoms with Gasteiger partial charge in [-0.1, -0.05) is 51.5 Å². The van der Waals surface area contributed by atoms with Gasteiger partial charge >= 0.3 is 6.18 Å². The Balaban J connectivity index is 1.95. The van der Waals surface area contributed by atoms with E-state index in [4.69, 9.17) is 0 Å². The molecule has 1 aliphatic carbocycles. The summed E-state index contributed by atoms with van der Waals surface area (Å²) >= 11 is 0. The molecule has 130 valence electrons. The van der Waals surface area contributed by atoms with Crippen molar-refractivity contribution in [3.8, 4) is 0 Å². The summed E-state index contributed by atoms with van der Waals surface area (Å²) in [7, 11) is 0. The van der Waals surface area contributed by atoms with Crippen LogP contribution in [0.25, 0.3) is 0 Å². The van der Waals surface area contributed by atoms with Gasteiger partial charge in [-0.25, -0.2) is 4.39 Å². The number of alkyl halides is 3. The van der Waals surface area contributed by atoms with Crippen molar-refractivity contribution in [3.63, 3.8) is 0 Å². The van der Waals surface area contributed by atoms with Crippen LogP contribution in [0.4, 0.5) is 17.6 Å². The van der Waals surface area contributed by atoms with Crippen molar-refractivity contribution in [3.05, 3.63) is 35.1 Å². The van der Waals surface area contributed by atoms with Gasteiger partial charge in [0.15, 0.2) is 0 Å². The SMILES string of the molecule is CCCC1CCC(CC(O)c2ccc(C(F)(F)F)cc2F)CC1. The summed E-state index contributed by atoms with van der Waals surface area (Å²) < 4.78 is 51.5. The minimum atomic E-state index is -4.57. The van der Waals surface area contributed by atoms with Crippen molar-refractivity contribution in [2.75, 3.05) is 0 Å². The zero-order chi connectivity index (χ0) is 17.0. The summed E-state index contributed by atoms with van der Waals surface area (Å²) in [5, 5.41) is 10.2. The third kappa shape index (κ3) is 4.93. The van der Waals surface area contributed by atoms with Gasteiger partial charge in [-0.15, -0.1) is 0 Å². The number of hydrogen-bond donors (Lipinski definition) is 1. The van der Waals surface area contributed by atoms with E-state index in [-0.39, 0.29) is 5.56 Å². The van der Waals surface area contributed by atoms with E-state index in [1.807, 2.05) is 0 Å². The normalized spacial score (nSPS) is 23.7. The van der Waals surface area contributed by atoms with E-state index in [0.717, 1.165) is 43.7 Å². The smallest absolute Gasteiger partial charge is 0.388 e. The molecule has 1 saturated carbocycles. The number of benzene rings is 1. The molecule has 23 heavy (non-hydrogen) atoms. The monoisotopic (exact) mass is 332 g/mol. The van der Waals surface area contributed by atoms with Crippen LogP contribution in [-0.2, 0) is 6.18 Å². The highest BCUT2D eigenvalue weighted by Gasteiger charge is 2.32. The maximum Gasteiger partial charge on any atom is 0.416 e. The van der Waals surface area contributed by atoms with Crippen molar-refractivity contribution in [1.82, 2.24) is 0 Å². The molecule has 0 aromatic heterocycles. The molecule has 2 rings (SSSR count). The average molecular weight is 332 g/mol. The second-order valence-electron chi connectivity index (χ2n) is 6.66. The molecule has 0 heterocycles. The highest BCUT2D eigenvalue weighted by atomic mass is 19.4. The summed E-state index contributed by atoms with van der Waals surface area (Å²) in [4.78, 5) is 0. The van der Waals surface area contributed by atoms with Gasteiger partial charge < -0.3 is 5.11 Å². The van der Waals surface area contributed by atoms with Crippen LogP contribution < -0.4 is 0 Å². The van der Waals surface area contributed by atoms with Crippen LogP contribution in [0.1, 0.15) is 69.1 Å². The molecule has 0 bridgehead atoms. The fraction of sp³-hybridized carbons (Fsp3) is 0.667. The molecule has 0 spiro atoms. The van der Waals surface area contributed by atoms with E-state index in [0.29, 0.717) is 18.4 Å². The van der Waals surface area contributed by atoms with E-state index in [1.54, 1.807) is 0 Å². The largest absolute Gasteiger partial charge is 0.416 e. The van der Waals surface area contributed by atoms with Crippen LogP contribution in [-0.4, -0.2) is 5.11 Å². The lowest BCUT2D eigenvalue weighted by molar-refractivity contribution is -0.137. The summed E-state index contributed by atoms with van der Waals surface area (Å²) in [5.74, 6) is 0.0861. The molecule has 1 fully saturated rings. The van der Waals surface area contributed by atoms with Crippen molar-refractivity contribution < 1.29 is 22.7 Å². The Labute approximate surface area is 134 Å². The third-order valence-corrected chi connectivity index (χ3v) is 4.91. The Kier molecular flexibility index (Phi) is 6.06. The lowest BCUT2D eigenvalue weighted by Gasteiger charge is -2.29. The van der Waals surface area contributed by atoms with Crippen LogP contribution in [0, 0.1) is 17.7 Å². The molecule has 0 amide bonds. The maximum atomic E-state index is 13.9. The Bertz CT molecular complexity index is 504. The molecule has 0 radical (unpaired) electrons. The van der Waals surface area contributed by atoms with Crippen molar-refractivity contribution >= 4 is 0 Å². The molecule has 1 aromatic rings. The van der Waals surface area contributed by atoms with E-state index in [1.165, 1.54) is 12.8 Å². The fourth-order valence-electron chi connectivity index (χ4n) is 3.58. The Hall–Kier alpha value is -1.10. The predicted molar refractivity (Wildman–Crippen MR) is 81.3 cm³/mol. The zero-order valence-electron chi connectivity index (χ0n) is 13.4. The standard InChI is InChI=1S/C18H24F4O/c1-2-3-12-4-6-13(7-5-12)10-17(23)15-9-8-14(11-16(15)19)18(20,21)22/h8-9,11-13,17,23H,2-7,10H2,1H3. The predicted octanol–water partition coefficient (Wildman–Crippen LogP) is 5.87. The molecular weight excluding hydrogens is 308 g/mol. The van der Waals surface area contributed by atoms with Crippen molar-refractivity contribution in [2.24, 2.45) is 11.8 Å². The molecule has 0 saturated heterocycles. The van der Waals surface area contributed by atoms with E-state index in [2.05, 4.69) is 6.92 Å². The summed E-state index contributed by atoms with van der Waals surface area (Å²) in [6, 6.07) is 2.36. The van der Waals surface area contributed by atoms with Gasteiger partial charge in [-0.3, -0.25) is 0 Å². The highest BCUT2D eigenvalue weighted by Crippen LogP contribution is 2.37. The van der Waals surface area contributed by atoms with Gasteiger partial charge in [0, 0.05) is 5.56 Å². The maximum absolute atomic E-state index is 13.9. The summed E-state index contributed by atoms with van der Waals surface area (Å²) in [5.41, 5.74) is -1.06. The average Bonchev–Trinajstić information content (AvgIpc) is 2.48. The van der Waals surface area contributed by atoms with Crippen LogP contribution >= 0.6 is 0 Å². The lowest BCUT2D eigenvalue weighted by Crippen LogP contribution is -2.17. The molecular formula is C18H24F4O. The third-order valence-electron chi connectivity index (χ3n) is 4.91. The second kappa shape index (κ2) is 7.65. The summed E-state index contributed by atoms with van der Waals surface area (Å²) in [6.45, 7) is 2.17. The van der Waals surface area contributed by atoms with E-state index in [9.17, 15) is 22.7 Å². The topological polar surface area (TPSA) is 20.2 Å². The fourth-order valence-corrected chi connectivity index (χ4v) is 3.58. The number of halogens is 4. The molecule has 0 aliphatic heterocycles. The molecule has 1 nitrogen and oxygen atoms in total. The lowest BCUT2D eigenvalue weighted by atomic mass is 9.77. The van der Waals surface area contributed by atoms with Gasteiger partial charge in [-0.2, -0.15) is 13.2 Å². The Morgan fingerprint density at radius 1 is 1.13 bits per heavy atom. The van der Waals surface area contributed by atoms with Crippen molar-refractivity contribution in [2.45, 2.75) is 64.1 Å². The number of hydrogen-bond acceptors (Lipinski definition) is 1. The molecule has 1 unspecified atom stereocenters. The zero-order valence-corrected chi connectivity index (χ0v) is 13.4. The van der Waals surface area contributed by atoms with Crippen LogP contribution in [0.3, 0.4) is 0 Å². The number of rotatable bonds is 5. The molecule has 1 N–H and O–H groups in total. The van der Waals surface area contributed by atoms with Gasteiger partial charge in [0.2, 0.25) is 0 Å². The van der Waals surface area contributed by atoms with Crippen LogP contribution in [0.2, 0.25) is 0 Å². The molecule has 1 aliphatic rings. The first kappa shape index (κ1) is 18.2. The van der Waals surface area contributed by atoms with Crippen LogP contribution in [0.5, 0.6) is 0 Å². The first-order valence-electron chi connectivity index (χ1n) is 8.36. The molecule has 1 atom stereocenters. The molecule has 1 aromatic carbocycles. The first-order valence-corrected chi connectivity index (χ1v) is 8.36. The van der Waals surface area contributed by atoms with Crippen LogP contribution in [0.15, 0.2) is 18.2 Å². The van der Waals surface area contributed by atoms with Gasteiger partial charge in [-0.05, 0) is 30.4 Å². The minimum absolute atomic E-state index is 0.0336. The van der Waals surface area contributed by atoms with Gasteiger partial charge in [0.05, 0.1) is 11.7 Å².